The van der Waals surface area contributed by atoms with Crippen molar-refractivity contribution in [3.8, 4) is 5.69 Å². The number of fused-ring (bicyclic) bond motifs is 4. The summed E-state index contributed by atoms with van der Waals surface area (Å²) in [5.74, 6) is 2.21. The average Bonchev–Trinajstić information content (AvgIpc) is 3.59. The van der Waals surface area contributed by atoms with Crippen LogP contribution in [0.4, 0.5) is 22.9 Å². The number of thiophene rings is 1. The number of aromatic nitrogens is 2. The Bertz CT molecular complexity index is 1740. The summed E-state index contributed by atoms with van der Waals surface area (Å²) in [4.78, 5) is 13.8. The van der Waals surface area contributed by atoms with Gasteiger partial charge in [0.05, 0.1) is 22.8 Å². The molecule has 3 aromatic carbocycles. The molecule has 0 amide bonds. The number of amidine groups is 2. The SMILES string of the molecule is Cc1ccc(NC2=Nc3ccccc3N3C2=Nc2c(c(C)nn2-c2ccccc2)[C@H]3c2cccs2)cc1Cl. The molecule has 2 aliphatic rings. The number of para-hydroxylation sites is 3. The number of nitrogens with zero attached hydrogens (tertiary/aromatic N) is 5. The molecule has 0 saturated carbocycles. The van der Waals surface area contributed by atoms with Crippen molar-refractivity contribution in [2.75, 3.05) is 10.2 Å². The molecule has 0 bridgehead atoms. The van der Waals surface area contributed by atoms with Crippen LogP contribution in [0.25, 0.3) is 5.69 Å². The second-order valence-electron chi connectivity index (χ2n) is 9.33. The lowest BCUT2D eigenvalue weighted by Gasteiger charge is -2.40. The summed E-state index contributed by atoms with van der Waals surface area (Å²) in [6, 6.07) is 28.5. The predicted octanol–water partition coefficient (Wildman–Crippen LogP) is 8.00. The van der Waals surface area contributed by atoms with Crippen LogP contribution in [0.15, 0.2) is 100 Å². The number of aryl methyl sites for hydroxylation is 2. The van der Waals surface area contributed by atoms with Gasteiger partial charge in [-0.25, -0.2) is 14.7 Å². The normalized spacial score (nSPS) is 15.8. The summed E-state index contributed by atoms with van der Waals surface area (Å²) in [5, 5.41) is 11.3. The lowest BCUT2D eigenvalue weighted by atomic mass is 9.98. The molecule has 1 N–H and O–H groups in total. The highest BCUT2D eigenvalue weighted by Gasteiger charge is 2.41. The van der Waals surface area contributed by atoms with Gasteiger partial charge in [0.1, 0.15) is 6.04 Å². The van der Waals surface area contributed by atoms with E-state index in [1.807, 2.05) is 66.2 Å². The highest BCUT2D eigenvalue weighted by atomic mass is 35.5. The van der Waals surface area contributed by atoms with E-state index in [9.17, 15) is 0 Å². The molecule has 38 heavy (non-hydrogen) atoms. The van der Waals surface area contributed by atoms with Crippen LogP contribution >= 0.6 is 22.9 Å². The molecule has 0 aliphatic carbocycles. The molecule has 4 heterocycles. The number of hydrogen-bond acceptors (Lipinski definition) is 6. The highest BCUT2D eigenvalue weighted by molar-refractivity contribution is 7.10. The Labute approximate surface area is 229 Å². The van der Waals surface area contributed by atoms with Crippen molar-refractivity contribution in [1.29, 1.82) is 0 Å². The Hall–Kier alpha value is -4.20. The van der Waals surface area contributed by atoms with Gasteiger partial charge in [0.25, 0.3) is 0 Å². The van der Waals surface area contributed by atoms with Gasteiger partial charge in [-0.2, -0.15) is 5.10 Å². The van der Waals surface area contributed by atoms with Crippen LogP contribution in [0.5, 0.6) is 0 Å². The predicted molar refractivity (Wildman–Crippen MR) is 157 cm³/mol. The van der Waals surface area contributed by atoms with Crippen molar-refractivity contribution in [3.05, 3.63) is 117 Å². The smallest absolute Gasteiger partial charge is 0.179 e. The van der Waals surface area contributed by atoms with E-state index in [1.54, 1.807) is 11.3 Å². The Balaban J connectivity index is 1.48. The van der Waals surface area contributed by atoms with Crippen LogP contribution < -0.4 is 10.2 Å². The third-order valence-electron chi connectivity index (χ3n) is 6.89. The molecule has 2 aliphatic heterocycles. The van der Waals surface area contributed by atoms with Gasteiger partial charge in [0, 0.05) is 21.2 Å². The largest absolute Gasteiger partial charge is 0.337 e. The van der Waals surface area contributed by atoms with Crippen molar-refractivity contribution in [1.82, 2.24) is 9.78 Å². The van der Waals surface area contributed by atoms with Gasteiger partial charge in [-0.15, -0.1) is 11.3 Å². The molecule has 1 atom stereocenters. The van der Waals surface area contributed by atoms with E-state index < -0.39 is 0 Å². The maximum absolute atomic E-state index is 6.47. The van der Waals surface area contributed by atoms with Crippen molar-refractivity contribution >= 4 is 57.5 Å². The number of nitrogens with one attached hydrogen (secondary N) is 1. The fourth-order valence-corrected chi connectivity index (χ4v) is 6.07. The minimum absolute atomic E-state index is 0.106. The fourth-order valence-electron chi connectivity index (χ4n) is 5.07. The Morgan fingerprint density at radius 2 is 1.71 bits per heavy atom. The molecule has 0 fully saturated rings. The van der Waals surface area contributed by atoms with Crippen LogP contribution in [0.2, 0.25) is 5.02 Å². The van der Waals surface area contributed by atoms with Gasteiger partial charge in [-0.3, -0.25) is 0 Å². The molecular weight excluding hydrogens is 512 g/mol. The second kappa shape index (κ2) is 8.97. The third-order valence-corrected chi connectivity index (χ3v) is 8.22. The van der Waals surface area contributed by atoms with Crippen molar-refractivity contribution in [2.45, 2.75) is 19.9 Å². The first-order valence-corrected chi connectivity index (χ1v) is 13.6. The summed E-state index contributed by atoms with van der Waals surface area (Å²) in [6.07, 6.45) is 0. The first-order chi connectivity index (χ1) is 18.6. The minimum Gasteiger partial charge on any atom is -0.337 e. The van der Waals surface area contributed by atoms with E-state index in [1.165, 1.54) is 4.88 Å². The summed E-state index contributed by atoms with van der Waals surface area (Å²) >= 11 is 8.20. The lowest BCUT2D eigenvalue weighted by molar-refractivity contribution is 0.830. The summed E-state index contributed by atoms with van der Waals surface area (Å²) < 4.78 is 1.94. The van der Waals surface area contributed by atoms with Crippen LogP contribution in [0.3, 0.4) is 0 Å². The average molecular weight is 535 g/mol. The molecule has 0 spiro atoms. The number of halogens is 1. The van der Waals surface area contributed by atoms with E-state index >= 15 is 0 Å². The van der Waals surface area contributed by atoms with Gasteiger partial charge in [0.15, 0.2) is 17.5 Å². The van der Waals surface area contributed by atoms with Crippen LogP contribution in [-0.2, 0) is 0 Å². The maximum Gasteiger partial charge on any atom is 0.179 e. The molecular formula is C30H23ClN6S. The topological polar surface area (TPSA) is 57.8 Å². The monoisotopic (exact) mass is 534 g/mol. The zero-order valence-corrected chi connectivity index (χ0v) is 22.3. The first kappa shape index (κ1) is 23.0. The highest BCUT2D eigenvalue weighted by Crippen LogP contribution is 2.49. The molecule has 7 rings (SSSR count). The quantitative estimate of drug-likeness (QED) is 0.255. The van der Waals surface area contributed by atoms with Gasteiger partial charge >= 0.3 is 0 Å². The van der Waals surface area contributed by atoms with Crippen molar-refractivity contribution < 1.29 is 0 Å². The molecule has 0 radical (unpaired) electrons. The van der Waals surface area contributed by atoms with Crippen molar-refractivity contribution in [2.24, 2.45) is 9.98 Å². The van der Waals surface area contributed by atoms with Gasteiger partial charge in [0.2, 0.25) is 0 Å². The van der Waals surface area contributed by atoms with Gasteiger partial charge < -0.3 is 10.2 Å². The molecule has 5 aromatic rings. The number of anilines is 2. The van der Waals surface area contributed by atoms with Crippen LogP contribution in [0, 0.1) is 13.8 Å². The minimum atomic E-state index is -0.106. The molecule has 0 unspecified atom stereocenters. The Kier molecular flexibility index (Phi) is 5.42. The van der Waals surface area contributed by atoms with E-state index in [4.69, 9.17) is 26.7 Å². The molecule has 6 nitrogen and oxygen atoms in total. The maximum atomic E-state index is 6.47. The van der Waals surface area contributed by atoms with E-state index in [0.29, 0.717) is 10.9 Å². The van der Waals surface area contributed by atoms with Crippen LogP contribution in [-0.4, -0.2) is 21.5 Å². The van der Waals surface area contributed by atoms with Gasteiger partial charge in [-0.05, 0) is 67.3 Å². The van der Waals surface area contributed by atoms with E-state index in [2.05, 4.69) is 52.9 Å². The zero-order chi connectivity index (χ0) is 25.8. The number of rotatable bonds is 3. The number of benzene rings is 3. The summed E-state index contributed by atoms with van der Waals surface area (Å²) in [6.45, 7) is 4.06. The number of aliphatic imine (C=N–C) groups is 2. The molecule has 8 heteroatoms. The van der Waals surface area contributed by atoms with Crippen molar-refractivity contribution in [3.63, 3.8) is 0 Å². The zero-order valence-electron chi connectivity index (χ0n) is 20.8. The van der Waals surface area contributed by atoms with E-state index in [0.717, 1.165) is 51.2 Å². The first-order valence-electron chi connectivity index (χ1n) is 12.4. The fraction of sp³-hybridized carbons (Fsp3) is 0.100. The molecule has 0 saturated heterocycles. The third kappa shape index (κ3) is 3.66. The second-order valence-corrected chi connectivity index (χ2v) is 10.7. The van der Waals surface area contributed by atoms with E-state index in [-0.39, 0.29) is 6.04 Å². The molecule has 186 valence electrons. The summed E-state index contributed by atoms with van der Waals surface area (Å²) in [5.41, 5.74) is 6.77. The number of hydrogen-bond donors (Lipinski definition) is 1. The lowest BCUT2D eigenvalue weighted by Crippen LogP contribution is -2.46. The Morgan fingerprint density at radius 1 is 0.895 bits per heavy atom. The van der Waals surface area contributed by atoms with Crippen LogP contribution in [0.1, 0.15) is 27.7 Å². The summed E-state index contributed by atoms with van der Waals surface area (Å²) in [7, 11) is 0. The Morgan fingerprint density at radius 3 is 2.50 bits per heavy atom. The molecule has 2 aromatic heterocycles. The van der Waals surface area contributed by atoms with Gasteiger partial charge in [-0.1, -0.05) is 54.1 Å². The standard InChI is InChI=1S/C30H23ClN6S/c1-18-14-15-20(17-22(18)31)32-28-30-34-29-26(19(2)35-37(29)21-9-4-3-5-10-21)27(25-13-8-16-38-25)36(30)24-12-7-6-11-23(24)33-28/h3-17,27H,1-2H3,(H,32,33)/t27-/m1/s1.